The Labute approximate surface area is 81.6 Å². The van der Waals surface area contributed by atoms with Crippen molar-refractivity contribution in [2.45, 2.75) is 13.5 Å². The quantitative estimate of drug-likeness (QED) is 0.722. The molecule has 3 heteroatoms. The van der Waals surface area contributed by atoms with Crippen molar-refractivity contribution in [1.29, 1.82) is 0 Å². The van der Waals surface area contributed by atoms with Crippen LogP contribution >= 0.6 is 0 Å². The van der Waals surface area contributed by atoms with E-state index in [-0.39, 0.29) is 5.56 Å². The van der Waals surface area contributed by atoms with Crippen LogP contribution in [0.25, 0.3) is 0 Å². The third kappa shape index (κ3) is 1.62. The molecular weight excluding hydrogens is 178 g/mol. The SMILES string of the molecule is Cc1cccn(Cc2ccoc2)c1=O. The zero-order valence-electron chi connectivity index (χ0n) is 7.93. The zero-order valence-corrected chi connectivity index (χ0v) is 7.93. The topological polar surface area (TPSA) is 35.1 Å². The van der Waals surface area contributed by atoms with Crippen molar-refractivity contribution >= 4 is 0 Å². The molecule has 0 aliphatic rings. The number of nitrogens with zero attached hydrogens (tertiary/aromatic N) is 1. The zero-order chi connectivity index (χ0) is 9.97. The van der Waals surface area contributed by atoms with E-state index >= 15 is 0 Å². The molecule has 2 heterocycles. The van der Waals surface area contributed by atoms with Gasteiger partial charge in [0.15, 0.2) is 0 Å². The van der Waals surface area contributed by atoms with Gasteiger partial charge in [0, 0.05) is 17.3 Å². The molecule has 2 aromatic heterocycles. The van der Waals surface area contributed by atoms with Crippen molar-refractivity contribution < 1.29 is 4.42 Å². The molecule has 72 valence electrons. The average Bonchev–Trinajstić information content (AvgIpc) is 2.66. The van der Waals surface area contributed by atoms with E-state index in [9.17, 15) is 4.79 Å². The summed E-state index contributed by atoms with van der Waals surface area (Å²) in [6, 6.07) is 5.54. The van der Waals surface area contributed by atoms with Crippen LogP contribution in [0.3, 0.4) is 0 Å². The van der Waals surface area contributed by atoms with Gasteiger partial charge in [-0.25, -0.2) is 0 Å². The van der Waals surface area contributed by atoms with E-state index in [4.69, 9.17) is 4.42 Å². The van der Waals surface area contributed by atoms with Gasteiger partial charge < -0.3 is 8.98 Å². The third-order valence-corrected chi connectivity index (χ3v) is 2.14. The predicted molar refractivity (Wildman–Crippen MR) is 53.2 cm³/mol. The van der Waals surface area contributed by atoms with Crippen molar-refractivity contribution in [2.75, 3.05) is 0 Å². The van der Waals surface area contributed by atoms with Gasteiger partial charge in [0.1, 0.15) is 0 Å². The molecule has 0 spiro atoms. The standard InChI is InChI=1S/C11H11NO2/c1-9-3-2-5-12(11(9)13)7-10-4-6-14-8-10/h2-6,8H,7H2,1H3. The van der Waals surface area contributed by atoms with Gasteiger partial charge in [-0.2, -0.15) is 0 Å². The Kier molecular flexibility index (Phi) is 2.23. The Morgan fingerprint density at radius 2 is 2.29 bits per heavy atom. The molecule has 0 bridgehead atoms. The highest BCUT2D eigenvalue weighted by atomic mass is 16.3. The molecule has 2 aromatic rings. The average molecular weight is 189 g/mol. The van der Waals surface area contributed by atoms with Gasteiger partial charge in [-0.15, -0.1) is 0 Å². The van der Waals surface area contributed by atoms with Gasteiger partial charge in [0.25, 0.3) is 5.56 Å². The minimum absolute atomic E-state index is 0.0497. The van der Waals surface area contributed by atoms with Crippen LogP contribution in [0.5, 0.6) is 0 Å². The molecule has 0 saturated heterocycles. The van der Waals surface area contributed by atoms with Gasteiger partial charge in [0.2, 0.25) is 0 Å². The van der Waals surface area contributed by atoms with Crippen molar-refractivity contribution in [3.63, 3.8) is 0 Å². The first-order valence-electron chi connectivity index (χ1n) is 4.44. The van der Waals surface area contributed by atoms with Gasteiger partial charge in [0.05, 0.1) is 19.1 Å². The van der Waals surface area contributed by atoms with Crippen LogP contribution in [0.1, 0.15) is 11.1 Å². The minimum atomic E-state index is 0.0497. The second-order valence-electron chi connectivity index (χ2n) is 3.26. The van der Waals surface area contributed by atoms with Crippen molar-refractivity contribution in [3.05, 3.63) is 58.4 Å². The van der Waals surface area contributed by atoms with Crippen LogP contribution in [0.2, 0.25) is 0 Å². The maximum atomic E-state index is 11.6. The summed E-state index contributed by atoms with van der Waals surface area (Å²) >= 11 is 0. The Hall–Kier alpha value is -1.77. The molecule has 0 N–H and O–H groups in total. The van der Waals surface area contributed by atoms with Gasteiger partial charge in [-0.05, 0) is 19.1 Å². The van der Waals surface area contributed by atoms with E-state index in [0.29, 0.717) is 6.54 Å². The molecule has 0 aliphatic carbocycles. The largest absolute Gasteiger partial charge is 0.472 e. The van der Waals surface area contributed by atoms with Crippen molar-refractivity contribution in [2.24, 2.45) is 0 Å². The molecule has 0 aliphatic heterocycles. The lowest BCUT2D eigenvalue weighted by molar-refractivity contribution is 0.561. The number of rotatable bonds is 2. The Balaban J connectivity index is 2.34. The van der Waals surface area contributed by atoms with Gasteiger partial charge in [-0.1, -0.05) is 6.07 Å². The molecule has 3 nitrogen and oxygen atoms in total. The number of hydrogen-bond acceptors (Lipinski definition) is 2. The summed E-state index contributed by atoms with van der Waals surface area (Å²) < 4.78 is 6.61. The fraction of sp³-hybridized carbons (Fsp3) is 0.182. The predicted octanol–water partition coefficient (Wildman–Crippen LogP) is 1.80. The monoisotopic (exact) mass is 189 g/mol. The lowest BCUT2D eigenvalue weighted by atomic mass is 10.3. The summed E-state index contributed by atoms with van der Waals surface area (Å²) in [5.74, 6) is 0. The van der Waals surface area contributed by atoms with Crippen molar-refractivity contribution in [1.82, 2.24) is 4.57 Å². The fourth-order valence-electron chi connectivity index (χ4n) is 1.36. The van der Waals surface area contributed by atoms with Crippen LogP contribution in [0.15, 0.2) is 46.1 Å². The number of furan rings is 1. The highest BCUT2D eigenvalue weighted by molar-refractivity contribution is 5.11. The van der Waals surface area contributed by atoms with Crippen LogP contribution < -0.4 is 5.56 Å². The van der Waals surface area contributed by atoms with Crippen LogP contribution in [0, 0.1) is 6.92 Å². The highest BCUT2D eigenvalue weighted by Crippen LogP contribution is 2.01. The molecule has 0 unspecified atom stereocenters. The molecule has 0 atom stereocenters. The lowest BCUT2D eigenvalue weighted by Crippen LogP contribution is -2.21. The maximum Gasteiger partial charge on any atom is 0.253 e. The van der Waals surface area contributed by atoms with Crippen LogP contribution in [0.4, 0.5) is 0 Å². The minimum Gasteiger partial charge on any atom is -0.472 e. The first kappa shape index (κ1) is 8.81. The number of aryl methyl sites for hydroxylation is 1. The van der Waals surface area contributed by atoms with E-state index in [1.807, 2.05) is 25.1 Å². The first-order valence-corrected chi connectivity index (χ1v) is 4.44. The summed E-state index contributed by atoms with van der Waals surface area (Å²) in [4.78, 5) is 11.6. The lowest BCUT2D eigenvalue weighted by Gasteiger charge is -2.03. The molecule has 0 fully saturated rings. The maximum absolute atomic E-state index is 11.6. The van der Waals surface area contributed by atoms with E-state index in [1.54, 1.807) is 23.3 Å². The van der Waals surface area contributed by atoms with Gasteiger partial charge in [-0.3, -0.25) is 4.79 Å². The molecule has 0 saturated carbocycles. The van der Waals surface area contributed by atoms with E-state index in [0.717, 1.165) is 11.1 Å². The Morgan fingerprint density at radius 3 is 3.00 bits per heavy atom. The molecule has 14 heavy (non-hydrogen) atoms. The molecule has 0 aromatic carbocycles. The Bertz CT molecular complexity index is 468. The van der Waals surface area contributed by atoms with E-state index in [2.05, 4.69) is 0 Å². The molecule has 0 radical (unpaired) electrons. The second-order valence-corrected chi connectivity index (χ2v) is 3.26. The van der Waals surface area contributed by atoms with Gasteiger partial charge >= 0.3 is 0 Å². The van der Waals surface area contributed by atoms with Crippen molar-refractivity contribution in [3.8, 4) is 0 Å². The molecule has 0 amide bonds. The van der Waals surface area contributed by atoms with Crippen LogP contribution in [-0.4, -0.2) is 4.57 Å². The number of pyridine rings is 1. The second kappa shape index (κ2) is 3.54. The third-order valence-electron chi connectivity index (χ3n) is 2.14. The summed E-state index contributed by atoms with van der Waals surface area (Å²) in [6.45, 7) is 2.38. The number of hydrogen-bond donors (Lipinski definition) is 0. The fourth-order valence-corrected chi connectivity index (χ4v) is 1.36. The molecular formula is C11H11NO2. The van der Waals surface area contributed by atoms with Crippen LogP contribution in [-0.2, 0) is 6.54 Å². The summed E-state index contributed by atoms with van der Waals surface area (Å²) in [7, 11) is 0. The molecule has 2 rings (SSSR count). The highest BCUT2D eigenvalue weighted by Gasteiger charge is 2.00. The normalized spacial score (nSPS) is 10.4. The van der Waals surface area contributed by atoms with E-state index in [1.165, 1.54) is 0 Å². The summed E-state index contributed by atoms with van der Waals surface area (Å²) in [5, 5.41) is 0. The summed E-state index contributed by atoms with van der Waals surface area (Å²) in [6.07, 6.45) is 5.03. The van der Waals surface area contributed by atoms with E-state index < -0.39 is 0 Å². The summed E-state index contributed by atoms with van der Waals surface area (Å²) in [5.41, 5.74) is 1.81. The first-order chi connectivity index (χ1) is 6.77. The Morgan fingerprint density at radius 1 is 1.43 bits per heavy atom. The smallest absolute Gasteiger partial charge is 0.253 e. The number of aromatic nitrogens is 1.